The van der Waals surface area contributed by atoms with Gasteiger partial charge in [-0.25, -0.2) is 0 Å². The summed E-state index contributed by atoms with van der Waals surface area (Å²) in [6.07, 6.45) is 3.49. The van der Waals surface area contributed by atoms with Crippen molar-refractivity contribution in [2.24, 2.45) is 0 Å². The first-order valence-electron chi connectivity index (χ1n) is 6.18. The summed E-state index contributed by atoms with van der Waals surface area (Å²) < 4.78 is 0. The van der Waals surface area contributed by atoms with E-state index in [2.05, 4.69) is 10.6 Å². The highest BCUT2D eigenvalue weighted by Crippen LogP contribution is 2.34. The van der Waals surface area contributed by atoms with Crippen molar-refractivity contribution in [1.29, 1.82) is 0 Å². The first-order valence-corrected chi connectivity index (χ1v) is 6.94. The molecule has 1 saturated carbocycles. The maximum atomic E-state index is 10.6. The Bertz CT molecular complexity index is 455. The molecular formula is C12H15Cl2N3O2. The highest BCUT2D eigenvalue weighted by Gasteiger charge is 2.19. The third-order valence-corrected chi connectivity index (χ3v) is 3.50. The Kier molecular flexibility index (Phi) is 4.85. The van der Waals surface area contributed by atoms with E-state index in [9.17, 15) is 10.1 Å². The van der Waals surface area contributed by atoms with Gasteiger partial charge < -0.3 is 10.6 Å². The maximum absolute atomic E-state index is 10.6. The van der Waals surface area contributed by atoms with E-state index in [4.69, 9.17) is 23.2 Å². The van der Waals surface area contributed by atoms with Gasteiger partial charge in [0.1, 0.15) is 0 Å². The lowest BCUT2D eigenvalue weighted by molar-refractivity contribution is -0.384. The average Bonchev–Trinajstić information content (AvgIpc) is 3.15. The number of nitro groups is 1. The van der Waals surface area contributed by atoms with Crippen LogP contribution in [0.1, 0.15) is 19.3 Å². The van der Waals surface area contributed by atoms with Crippen LogP contribution in [0.15, 0.2) is 12.1 Å². The summed E-state index contributed by atoms with van der Waals surface area (Å²) in [6, 6.07) is 3.31. The molecule has 19 heavy (non-hydrogen) atoms. The topological polar surface area (TPSA) is 67.2 Å². The Morgan fingerprint density at radius 1 is 1.26 bits per heavy atom. The minimum Gasteiger partial charge on any atom is -0.383 e. The van der Waals surface area contributed by atoms with Gasteiger partial charge in [-0.05, 0) is 25.8 Å². The summed E-state index contributed by atoms with van der Waals surface area (Å²) in [4.78, 5) is 10.1. The zero-order valence-electron chi connectivity index (χ0n) is 10.3. The van der Waals surface area contributed by atoms with Crippen molar-refractivity contribution in [2.45, 2.75) is 25.3 Å². The van der Waals surface area contributed by atoms with Crippen LogP contribution in [0.25, 0.3) is 0 Å². The predicted octanol–water partition coefficient (Wildman–Crippen LogP) is 3.46. The lowest BCUT2D eigenvalue weighted by Gasteiger charge is -2.10. The zero-order chi connectivity index (χ0) is 13.8. The van der Waals surface area contributed by atoms with E-state index in [0.29, 0.717) is 11.7 Å². The molecule has 1 fully saturated rings. The van der Waals surface area contributed by atoms with Gasteiger partial charge in [0.05, 0.1) is 20.7 Å². The third kappa shape index (κ3) is 4.23. The molecule has 0 atom stereocenters. The number of non-ortho nitro benzene ring substituents is 1. The number of hydrogen-bond donors (Lipinski definition) is 2. The van der Waals surface area contributed by atoms with E-state index in [0.717, 1.165) is 19.5 Å². The Balaban J connectivity index is 1.86. The van der Waals surface area contributed by atoms with Gasteiger partial charge in [0, 0.05) is 24.7 Å². The summed E-state index contributed by atoms with van der Waals surface area (Å²) in [6.45, 7) is 1.66. The molecule has 104 valence electrons. The predicted molar refractivity (Wildman–Crippen MR) is 77.2 cm³/mol. The fourth-order valence-corrected chi connectivity index (χ4v) is 2.34. The first-order chi connectivity index (χ1) is 9.08. The lowest BCUT2D eigenvalue weighted by atomic mass is 10.2. The molecule has 5 nitrogen and oxygen atoms in total. The molecule has 2 N–H and O–H groups in total. The lowest BCUT2D eigenvalue weighted by Crippen LogP contribution is -2.20. The number of halogens is 2. The smallest absolute Gasteiger partial charge is 0.272 e. The molecule has 1 aliphatic rings. The number of nitrogens with one attached hydrogen (secondary N) is 2. The van der Waals surface area contributed by atoms with Crippen LogP contribution in [-0.4, -0.2) is 24.1 Å². The molecule has 1 aliphatic carbocycles. The minimum atomic E-state index is -0.513. The summed E-state index contributed by atoms with van der Waals surface area (Å²) in [5.74, 6) is 0. The second kappa shape index (κ2) is 6.41. The standard InChI is InChI=1S/C12H15Cl2N3O2/c13-10-6-9(17(18)19)7-11(14)12(10)16-5-1-4-15-8-2-3-8/h6-8,15-16H,1-5H2. The van der Waals surface area contributed by atoms with Crippen LogP contribution in [0.3, 0.4) is 0 Å². The molecule has 1 aromatic carbocycles. The number of benzene rings is 1. The van der Waals surface area contributed by atoms with Gasteiger partial charge in [0.25, 0.3) is 5.69 Å². The molecule has 0 unspecified atom stereocenters. The zero-order valence-corrected chi connectivity index (χ0v) is 11.8. The molecule has 0 radical (unpaired) electrons. The third-order valence-electron chi connectivity index (χ3n) is 2.90. The normalized spacial score (nSPS) is 14.4. The molecule has 7 heteroatoms. The summed E-state index contributed by atoms with van der Waals surface area (Å²) in [5.41, 5.74) is 0.455. The molecule has 0 spiro atoms. The van der Waals surface area contributed by atoms with Crippen LogP contribution in [0.4, 0.5) is 11.4 Å². The van der Waals surface area contributed by atoms with E-state index in [1.54, 1.807) is 0 Å². The number of anilines is 1. The van der Waals surface area contributed by atoms with Crippen molar-refractivity contribution < 1.29 is 4.92 Å². The van der Waals surface area contributed by atoms with Gasteiger partial charge in [0.2, 0.25) is 0 Å². The molecular weight excluding hydrogens is 289 g/mol. The van der Waals surface area contributed by atoms with Crippen LogP contribution in [0.5, 0.6) is 0 Å². The molecule has 1 aromatic rings. The molecule has 0 aliphatic heterocycles. The molecule has 0 amide bonds. The van der Waals surface area contributed by atoms with E-state index >= 15 is 0 Å². The highest BCUT2D eigenvalue weighted by molar-refractivity contribution is 6.39. The Labute approximate surface area is 121 Å². The van der Waals surface area contributed by atoms with Crippen LogP contribution in [0, 0.1) is 10.1 Å². The summed E-state index contributed by atoms with van der Waals surface area (Å²) in [7, 11) is 0. The molecule has 0 heterocycles. The maximum Gasteiger partial charge on any atom is 0.272 e. The number of nitro benzene ring substituents is 1. The number of hydrogen-bond acceptors (Lipinski definition) is 4. The Morgan fingerprint density at radius 2 is 1.89 bits per heavy atom. The van der Waals surface area contributed by atoms with E-state index in [-0.39, 0.29) is 15.7 Å². The van der Waals surface area contributed by atoms with Gasteiger partial charge in [-0.15, -0.1) is 0 Å². The minimum absolute atomic E-state index is 0.101. The van der Waals surface area contributed by atoms with E-state index in [1.165, 1.54) is 25.0 Å². The van der Waals surface area contributed by atoms with Crippen LogP contribution in [-0.2, 0) is 0 Å². The monoisotopic (exact) mass is 303 g/mol. The van der Waals surface area contributed by atoms with Crippen molar-refractivity contribution in [3.8, 4) is 0 Å². The van der Waals surface area contributed by atoms with Crippen LogP contribution < -0.4 is 10.6 Å². The average molecular weight is 304 g/mol. The van der Waals surface area contributed by atoms with Gasteiger partial charge in [0.15, 0.2) is 0 Å². The first kappa shape index (κ1) is 14.4. The van der Waals surface area contributed by atoms with Crippen molar-refractivity contribution in [2.75, 3.05) is 18.4 Å². The Hall–Kier alpha value is -1.04. The second-order valence-electron chi connectivity index (χ2n) is 4.55. The second-order valence-corrected chi connectivity index (χ2v) is 5.36. The fourth-order valence-electron chi connectivity index (χ4n) is 1.73. The van der Waals surface area contributed by atoms with Crippen LogP contribution >= 0.6 is 23.2 Å². The van der Waals surface area contributed by atoms with Crippen LogP contribution in [0.2, 0.25) is 10.0 Å². The van der Waals surface area contributed by atoms with Crippen molar-refractivity contribution in [1.82, 2.24) is 5.32 Å². The van der Waals surface area contributed by atoms with Gasteiger partial charge >= 0.3 is 0 Å². The number of rotatable bonds is 7. The fraction of sp³-hybridized carbons (Fsp3) is 0.500. The summed E-state index contributed by atoms with van der Waals surface area (Å²) in [5, 5.41) is 17.7. The quantitative estimate of drug-likeness (QED) is 0.460. The van der Waals surface area contributed by atoms with Crippen molar-refractivity contribution in [3.63, 3.8) is 0 Å². The highest BCUT2D eigenvalue weighted by atomic mass is 35.5. The van der Waals surface area contributed by atoms with Gasteiger partial charge in [-0.1, -0.05) is 23.2 Å². The molecule has 0 bridgehead atoms. The summed E-state index contributed by atoms with van der Waals surface area (Å²) >= 11 is 12.0. The molecule has 0 aromatic heterocycles. The van der Waals surface area contributed by atoms with E-state index < -0.39 is 4.92 Å². The SMILES string of the molecule is O=[N+]([O-])c1cc(Cl)c(NCCCNC2CC2)c(Cl)c1. The van der Waals surface area contributed by atoms with Gasteiger partial charge in [-0.3, -0.25) is 10.1 Å². The Morgan fingerprint density at radius 3 is 2.42 bits per heavy atom. The van der Waals surface area contributed by atoms with Crippen molar-refractivity contribution >= 4 is 34.6 Å². The molecule has 0 saturated heterocycles. The van der Waals surface area contributed by atoms with E-state index in [1.807, 2.05) is 0 Å². The largest absolute Gasteiger partial charge is 0.383 e. The van der Waals surface area contributed by atoms with Crippen molar-refractivity contribution in [3.05, 3.63) is 32.3 Å². The number of nitrogens with zero attached hydrogens (tertiary/aromatic N) is 1. The molecule has 2 rings (SSSR count). The van der Waals surface area contributed by atoms with Gasteiger partial charge in [-0.2, -0.15) is 0 Å².